The molecule has 1 N–H and O–H groups in total. The zero-order valence-electron chi connectivity index (χ0n) is 15.8. The minimum atomic E-state index is -0.0616. The van der Waals surface area contributed by atoms with E-state index in [9.17, 15) is 9.59 Å². The van der Waals surface area contributed by atoms with Crippen LogP contribution in [0.1, 0.15) is 44.4 Å². The first kappa shape index (κ1) is 20.3. The van der Waals surface area contributed by atoms with Crippen LogP contribution in [0, 0.1) is 0 Å². The molecular formula is C20H25ClN4O3. The number of likely N-dealkylation sites (tertiary alicyclic amines) is 1. The summed E-state index contributed by atoms with van der Waals surface area (Å²) >= 11 is 5.87. The molecule has 1 saturated heterocycles. The van der Waals surface area contributed by atoms with Crippen molar-refractivity contribution >= 4 is 23.4 Å². The molecule has 150 valence electrons. The Labute approximate surface area is 169 Å². The summed E-state index contributed by atoms with van der Waals surface area (Å²) in [5.41, 5.74) is 0.812. The zero-order chi connectivity index (χ0) is 19.8. The van der Waals surface area contributed by atoms with Gasteiger partial charge in [0, 0.05) is 49.5 Å². The summed E-state index contributed by atoms with van der Waals surface area (Å²) in [5, 5.41) is 7.47. The molecule has 1 aromatic carbocycles. The van der Waals surface area contributed by atoms with Crippen molar-refractivity contribution in [1.82, 2.24) is 20.4 Å². The van der Waals surface area contributed by atoms with Crippen LogP contribution in [0.25, 0.3) is 11.4 Å². The molecule has 0 saturated carbocycles. The molecule has 2 amide bonds. The number of amides is 2. The van der Waals surface area contributed by atoms with Gasteiger partial charge in [-0.05, 0) is 43.5 Å². The van der Waals surface area contributed by atoms with E-state index in [-0.39, 0.29) is 18.2 Å². The van der Waals surface area contributed by atoms with Crippen LogP contribution in [0.15, 0.2) is 28.8 Å². The summed E-state index contributed by atoms with van der Waals surface area (Å²) in [6, 6.07) is 7.16. The monoisotopic (exact) mass is 404 g/mol. The third-order valence-electron chi connectivity index (χ3n) is 4.73. The van der Waals surface area contributed by atoms with Crippen LogP contribution < -0.4 is 5.32 Å². The second kappa shape index (κ2) is 10.2. The Morgan fingerprint density at radius 2 is 2.04 bits per heavy atom. The zero-order valence-corrected chi connectivity index (χ0v) is 16.6. The van der Waals surface area contributed by atoms with Crippen molar-refractivity contribution in [3.63, 3.8) is 0 Å². The molecular weight excluding hydrogens is 380 g/mol. The maximum atomic E-state index is 12.0. The molecule has 1 fully saturated rings. The number of nitrogens with zero attached hydrogens (tertiary/aromatic N) is 3. The number of benzene rings is 1. The third kappa shape index (κ3) is 6.05. The second-order valence-corrected chi connectivity index (χ2v) is 7.35. The normalized spacial score (nSPS) is 14.8. The second-order valence-electron chi connectivity index (χ2n) is 6.91. The van der Waals surface area contributed by atoms with Gasteiger partial charge in [0.25, 0.3) is 0 Å². The maximum Gasteiger partial charge on any atom is 0.227 e. The lowest BCUT2D eigenvalue weighted by atomic mass is 10.2. The molecule has 1 aromatic heterocycles. The van der Waals surface area contributed by atoms with Gasteiger partial charge < -0.3 is 14.7 Å². The highest BCUT2D eigenvalue weighted by atomic mass is 35.5. The predicted molar refractivity (Wildman–Crippen MR) is 106 cm³/mol. The highest BCUT2D eigenvalue weighted by Gasteiger charge is 2.16. The van der Waals surface area contributed by atoms with Crippen molar-refractivity contribution in [1.29, 1.82) is 0 Å². The van der Waals surface area contributed by atoms with E-state index in [4.69, 9.17) is 16.1 Å². The molecule has 1 aliphatic rings. The van der Waals surface area contributed by atoms with E-state index in [1.165, 1.54) is 0 Å². The Kier molecular flexibility index (Phi) is 7.42. The van der Waals surface area contributed by atoms with Gasteiger partial charge in [-0.15, -0.1) is 0 Å². The van der Waals surface area contributed by atoms with E-state index in [1.807, 2.05) is 17.0 Å². The quantitative estimate of drug-likeness (QED) is 0.682. The van der Waals surface area contributed by atoms with Crippen LogP contribution in [0.4, 0.5) is 0 Å². The predicted octanol–water partition coefficient (Wildman–Crippen LogP) is 3.23. The third-order valence-corrected chi connectivity index (χ3v) is 4.99. The van der Waals surface area contributed by atoms with Crippen LogP contribution in [-0.2, 0) is 16.0 Å². The van der Waals surface area contributed by atoms with Crippen LogP contribution in [0.2, 0.25) is 5.02 Å². The number of hydrogen-bond acceptors (Lipinski definition) is 5. The smallest absolute Gasteiger partial charge is 0.227 e. The topological polar surface area (TPSA) is 88.3 Å². The van der Waals surface area contributed by atoms with Crippen molar-refractivity contribution in [3.05, 3.63) is 35.2 Å². The van der Waals surface area contributed by atoms with E-state index in [0.29, 0.717) is 42.7 Å². The summed E-state index contributed by atoms with van der Waals surface area (Å²) in [4.78, 5) is 30.2. The fraction of sp³-hybridized carbons (Fsp3) is 0.500. The summed E-state index contributed by atoms with van der Waals surface area (Å²) in [5.74, 6) is 1.08. The van der Waals surface area contributed by atoms with Gasteiger partial charge in [-0.1, -0.05) is 23.2 Å². The summed E-state index contributed by atoms with van der Waals surface area (Å²) < 4.78 is 5.21. The standard InChI is InChI=1S/C20H25ClN4O3/c21-16-8-6-15(7-9-16)20-23-18(28-24-20)11-10-17(26)22-12-4-14-25-13-3-1-2-5-19(25)27/h6-9H,1-5,10-14H2,(H,22,26). The lowest BCUT2D eigenvalue weighted by Gasteiger charge is -2.20. The average molecular weight is 405 g/mol. The van der Waals surface area contributed by atoms with Gasteiger partial charge in [-0.3, -0.25) is 9.59 Å². The first-order valence-corrected chi connectivity index (χ1v) is 10.1. The molecule has 2 aromatic rings. The van der Waals surface area contributed by atoms with Crippen LogP contribution in [0.5, 0.6) is 0 Å². The lowest BCUT2D eigenvalue weighted by Crippen LogP contribution is -2.34. The van der Waals surface area contributed by atoms with E-state index in [0.717, 1.165) is 37.8 Å². The van der Waals surface area contributed by atoms with Gasteiger partial charge >= 0.3 is 0 Å². The van der Waals surface area contributed by atoms with E-state index >= 15 is 0 Å². The molecule has 0 bridgehead atoms. The summed E-state index contributed by atoms with van der Waals surface area (Å²) in [6.45, 7) is 2.09. The molecule has 3 rings (SSSR count). The van der Waals surface area contributed by atoms with Crippen LogP contribution in [-0.4, -0.2) is 46.5 Å². The molecule has 0 radical (unpaired) electrons. The lowest BCUT2D eigenvalue weighted by molar-refractivity contribution is -0.130. The van der Waals surface area contributed by atoms with E-state index in [1.54, 1.807) is 12.1 Å². The van der Waals surface area contributed by atoms with E-state index < -0.39 is 0 Å². The number of nitrogens with one attached hydrogen (secondary N) is 1. The highest BCUT2D eigenvalue weighted by Crippen LogP contribution is 2.19. The minimum absolute atomic E-state index is 0.0616. The molecule has 2 heterocycles. The largest absolute Gasteiger partial charge is 0.356 e. The Morgan fingerprint density at radius 1 is 1.21 bits per heavy atom. The molecule has 0 spiro atoms. The number of halogens is 1. The average Bonchev–Trinajstić information content (AvgIpc) is 3.07. The molecule has 7 nitrogen and oxygen atoms in total. The Bertz CT molecular complexity index is 791. The summed E-state index contributed by atoms with van der Waals surface area (Å²) in [7, 11) is 0. The SMILES string of the molecule is O=C(CCc1nc(-c2ccc(Cl)cc2)no1)NCCCN1CCCCCC1=O. The van der Waals surface area contributed by atoms with Crippen LogP contribution in [0.3, 0.4) is 0 Å². The van der Waals surface area contributed by atoms with Crippen molar-refractivity contribution in [2.45, 2.75) is 44.9 Å². The fourth-order valence-corrected chi connectivity index (χ4v) is 3.28. The van der Waals surface area contributed by atoms with Crippen LogP contribution >= 0.6 is 11.6 Å². The van der Waals surface area contributed by atoms with Gasteiger partial charge in [0.1, 0.15) is 0 Å². The highest BCUT2D eigenvalue weighted by molar-refractivity contribution is 6.30. The maximum absolute atomic E-state index is 12.0. The number of hydrogen-bond donors (Lipinski definition) is 1. The molecule has 1 aliphatic heterocycles. The first-order chi connectivity index (χ1) is 13.6. The molecule has 8 heteroatoms. The van der Waals surface area contributed by atoms with Gasteiger partial charge in [-0.25, -0.2) is 0 Å². The van der Waals surface area contributed by atoms with Crippen molar-refractivity contribution in [3.8, 4) is 11.4 Å². The Morgan fingerprint density at radius 3 is 2.86 bits per heavy atom. The van der Waals surface area contributed by atoms with Gasteiger partial charge in [0.05, 0.1) is 0 Å². The Balaban J connectivity index is 1.35. The number of carbonyl (C=O) groups excluding carboxylic acids is 2. The Hall–Kier alpha value is -2.41. The van der Waals surface area contributed by atoms with Gasteiger partial charge in [0.2, 0.25) is 23.5 Å². The molecule has 28 heavy (non-hydrogen) atoms. The molecule has 0 unspecified atom stereocenters. The number of aryl methyl sites for hydroxylation is 1. The van der Waals surface area contributed by atoms with Crippen molar-refractivity contribution in [2.24, 2.45) is 0 Å². The number of rotatable bonds is 8. The minimum Gasteiger partial charge on any atom is -0.356 e. The molecule has 0 atom stereocenters. The fourth-order valence-electron chi connectivity index (χ4n) is 3.15. The number of carbonyl (C=O) groups is 2. The first-order valence-electron chi connectivity index (χ1n) is 9.75. The summed E-state index contributed by atoms with van der Waals surface area (Å²) in [6.07, 6.45) is 5.26. The van der Waals surface area contributed by atoms with Gasteiger partial charge in [0.15, 0.2) is 0 Å². The van der Waals surface area contributed by atoms with Gasteiger partial charge in [-0.2, -0.15) is 4.98 Å². The van der Waals surface area contributed by atoms with Crippen molar-refractivity contribution in [2.75, 3.05) is 19.6 Å². The van der Waals surface area contributed by atoms with E-state index in [2.05, 4.69) is 15.5 Å². The van der Waals surface area contributed by atoms with Crippen molar-refractivity contribution < 1.29 is 14.1 Å². The molecule has 0 aliphatic carbocycles. The number of aromatic nitrogens is 2.